The number of rotatable bonds is 5. The predicted octanol–water partition coefficient (Wildman–Crippen LogP) is 2.04. The van der Waals surface area contributed by atoms with Crippen molar-refractivity contribution in [3.8, 4) is 0 Å². The summed E-state index contributed by atoms with van der Waals surface area (Å²) in [6, 6.07) is 5.31. The average Bonchev–Trinajstić information content (AvgIpc) is 2.36. The number of thioether (sulfide) groups is 1. The van der Waals surface area contributed by atoms with Gasteiger partial charge in [0.2, 0.25) is 0 Å². The second kappa shape index (κ2) is 6.36. The van der Waals surface area contributed by atoms with Gasteiger partial charge < -0.3 is 5.73 Å². The van der Waals surface area contributed by atoms with E-state index in [2.05, 4.69) is 20.9 Å². The van der Waals surface area contributed by atoms with Crippen LogP contribution in [-0.4, -0.2) is 21.7 Å². The number of nitrogens with two attached hydrogens (primary N) is 1. The monoisotopic (exact) mass is 327 g/mol. The maximum Gasteiger partial charge on any atom is 0.258 e. The van der Waals surface area contributed by atoms with Crippen molar-refractivity contribution in [3.05, 3.63) is 44.9 Å². The van der Waals surface area contributed by atoms with Gasteiger partial charge in [0, 0.05) is 22.5 Å². The summed E-state index contributed by atoms with van der Waals surface area (Å²) in [5, 5.41) is 0. The number of aromatic nitrogens is 2. The largest absolute Gasteiger partial charge is 0.330 e. The highest BCUT2D eigenvalue weighted by atomic mass is 79.9. The van der Waals surface area contributed by atoms with E-state index in [1.54, 1.807) is 24.0 Å². The minimum atomic E-state index is -0.0456. The summed E-state index contributed by atoms with van der Waals surface area (Å²) >= 11 is 5.09. The second-order valence-corrected chi connectivity index (χ2v) is 5.88. The Morgan fingerprint density at radius 3 is 3.06 bits per heavy atom. The third-order valence-electron chi connectivity index (χ3n) is 2.42. The molecule has 96 valence electrons. The quantitative estimate of drug-likeness (QED) is 0.854. The van der Waals surface area contributed by atoms with Crippen LogP contribution < -0.4 is 11.3 Å². The molecule has 0 aliphatic rings. The molecule has 0 saturated carbocycles. The van der Waals surface area contributed by atoms with E-state index in [1.807, 2.05) is 12.1 Å². The highest BCUT2D eigenvalue weighted by molar-refractivity contribution is 9.10. The van der Waals surface area contributed by atoms with Gasteiger partial charge >= 0.3 is 0 Å². The molecule has 0 bridgehead atoms. The number of hydrogen-bond acceptors (Lipinski definition) is 4. The van der Waals surface area contributed by atoms with Crippen molar-refractivity contribution in [1.82, 2.24) is 9.38 Å². The van der Waals surface area contributed by atoms with Crippen LogP contribution in [0.5, 0.6) is 0 Å². The van der Waals surface area contributed by atoms with Crippen LogP contribution in [0.4, 0.5) is 0 Å². The average molecular weight is 328 g/mol. The lowest BCUT2D eigenvalue weighted by Gasteiger charge is -2.04. The zero-order valence-electron chi connectivity index (χ0n) is 9.80. The van der Waals surface area contributed by atoms with E-state index < -0.39 is 0 Å². The first-order chi connectivity index (χ1) is 8.70. The molecule has 18 heavy (non-hydrogen) atoms. The van der Waals surface area contributed by atoms with Crippen LogP contribution in [0.1, 0.15) is 12.1 Å². The van der Waals surface area contributed by atoms with E-state index >= 15 is 0 Å². The summed E-state index contributed by atoms with van der Waals surface area (Å²) < 4.78 is 2.40. The van der Waals surface area contributed by atoms with Crippen molar-refractivity contribution in [3.63, 3.8) is 0 Å². The lowest BCUT2D eigenvalue weighted by atomic mass is 10.4. The standard InChI is InChI=1S/C12H14BrN3OS/c13-9-2-3-11-15-10(8-18-5-1-4-14)6-12(17)16(11)7-9/h2-3,6-7H,1,4-5,8,14H2. The lowest BCUT2D eigenvalue weighted by Crippen LogP contribution is -2.15. The summed E-state index contributed by atoms with van der Waals surface area (Å²) in [6.07, 6.45) is 2.72. The van der Waals surface area contributed by atoms with Crippen LogP contribution in [-0.2, 0) is 5.75 Å². The molecule has 0 aromatic carbocycles. The smallest absolute Gasteiger partial charge is 0.258 e. The summed E-state index contributed by atoms with van der Waals surface area (Å²) in [5.74, 6) is 1.75. The predicted molar refractivity (Wildman–Crippen MR) is 79.0 cm³/mol. The van der Waals surface area contributed by atoms with Crippen LogP contribution in [0.3, 0.4) is 0 Å². The Bertz CT molecular complexity index is 599. The summed E-state index contributed by atoms with van der Waals surface area (Å²) in [7, 11) is 0. The number of halogens is 1. The molecule has 0 spiro atoms. The van der Waals surface area contributed by atoms with Gasteiger partial charge in [-0.1, -0.05) is 0 Å². The van der Waals surface area contributed by atoms with Crippen molar-refractivity contribution < 1.29 is 0 Å². The number of nitrogens with zero attached hydrogens (tertiary/aromatic N) is 2. The normalized spacial score (nSPS) is 11.0. The van der Waals surface area contributed by atoms with Crippen molar-refractivity contribution in [2.75, 3.05) is 12.3 Å². The molecule has 0 aliphatic carbocycles. The number of pyridine rings is 1. The molecule has 0 atom stereocenters. The molecule has 2 aromatic heterocycles. The third-order valence-corrected chi connectivity index (χ3v) is 3.97. The Morgan fingerprint density at radius 1 is 1.44 bits per heavy atom. The molecule has 0 amide bonds. The molecular formula is C12H14BrN3OS. The SMILES string of the molecule is NCCCSCc1cc(=O)n2cc(Br)ccc2n1. The van der Waals surface area contributed by atoms with Gasteiger partial charge in [0.05, 0.1) is 5.69 Å². The fraction of sp³-hybridized carbons (Fsp3) is 0.333. The number of hydrogen-bond donors (Lipinski definition) is 1. The summed E-state index contributed by atoms with van der Waals surface area (Å²) in [4.78, 5) is 16.4. The van der Waals surface area contributed by atoms with Gasteiger partial charge in [-0.25, -0.2) is 4.98 Å². The molecule has 2 heterocycles. The first-order valence-corrected chi connectivity index (χ1v) is 7.61. The minimum absolute atomic E-state index is 0.0456. The Labute approximate surface area is 118 Å². The second-order valence-electron chi connectivity index (χ2n) is 3.86. The molecule has 6 heteroatoms. The first-order valence-electron chi connectivity index (χ1n) is 5.66. The van der Waals surface area contributed by atoms with Gasteiger partial charge in [-0.15, -0.1) is 0 Å². The van der Waals surface area contributed by atoms with Crippen LogP contribution in [0, 0.1) is 0 Å². The zero-order valence-corrected chi connectivity index (χ0v) is 12.2. The highest BCUT2D eigenvalue weighted by Gasteiger charge is 2.03. The van der Waals surface area contributed by atoms with Gasteiger partial charge in [0.1, 0.15) is 5.65 Å². The van der Waals surface area contributed by atoms with Crippen molar-refractivity contribution in [2.24, 2.45) is 5.73 Å². The van der Waals surface area contributed by atoms with Crippen LogP contribution in [0.2, 0.25) is 0 Å². The lowest BCUT2D eigenvalue weighted by molar-refractivity contribution is 0.941. The Kier molecular flexibility index (Phi) is 4.79. The van der Waals surface area contributed by atoms with Gasteiger partial charge in [-0.05, 0) is 46.8 Å². The maximum absolute atomic E-state index is 11.9. The third kappa shape index (κ3) is 3.34. The van der Waals surface area contributed by atoms with E-state index in [0.717, 1.165) is 28.1 Å². The molecule has 2 N–H and O–H groups in total. The van der Waals surface area contributed by atoms with E-state index in [-0.39, 0.29) is 5.56 Å². The van der Waals surface area contributed by atoms with Gasteiger partial charge in [-0.3, -0.25) is 9.20 Å². The summed E-state index contributed by atoms with van der Waals surface area (Å²) in [6.45, 7) is 0.703. The molecule has 2 aromatic rings. The van der Waals surface area contributed by atoms with Crippen LogP contribution in [0.25, 0.3) is 5.65 Å². The molecular weight excluding hydrogens is 314 g/mol. The summed E-state index contributed by atoms with van der Waals surface area (Å²) in [5.41, 5.74) is 6.89. The van der Waals surface area contributed by atoms with E-state index in [1.165, 1.54) is 4.40 Å². The molecule has 0 saturated heterocycles. The van der Waals surface area contributed by atoms with Gasteiger partial charge in [-0.2, -0.15) is 11.8 Å². The molecule has 0 radical (unpaired) electrons. The topological polar surface area (TPSA) is 60.4 Å². The molecule has 0 unspecified atom stereocenters. The van der Waals surface area contributed by atoms with Crippen molar-refractivity contribution in [2.45, 2.75) is 12.2 Å². The van der Waals surface area contributed by atoms with Gasteiger partial charge in [0.25, 0.3) is 5.56 Å². The highest BCUT2D eigenvalue weighted by Crippen LogP contribution is 2.12. The van der Waals surface area contributed by atoms with E-state index in [9.17, 15) is 4.79 Å². The molecule has 4 nitrogen and oxygen atoms in total. The Balaban J connectivity index is 2.21. The van der Waals surface area contributed by atoms with E-state index in [4.69, 9.17) is 5.73 Å². The number of fused-ring (bicyclic) bond motifs is 1. The first kappa shape index (κ1) is 13.6. The Morgan fingerprint density at radius 2 is 2.28 bits per heavy atom. The molecule has 2 rings (SSSR count). The molecule has 0 aliphatic heterocycles. The Hall–Kier alpha value is -0.850. The van der Waals surface area contributed by atoms with Gasteiger partial charge in [0.15, 0.2) is 0 Å². The minimum Gasteiger partial charge on any atom is -0.330 e. The van der Waals surface area contributed by atoms with Crippen LogP contribution >= 0.6 is 27.7 Å². The zero-order chi connectivity index (χ0) is 13.0. The van der Waals surface area contributed by atoms with Crippen molar-refractivity contribution >= 4 is 33.3 Å². The fourth-order valence-corrected chi connectivity index (χ4v) is 2.77. The van der Waals surface area contributed by atoms with Crippen LogP contribution in [0.15, 0.2) is 33.7 Å². The maximum atomic E-state index is 11.9. The molecule has 0 fully saturated rings. The van der Waals surface area contributed by atoms with E-state index in [0.29, 0.717) is 12.2 Å². The van der Waals surface area contributed by atoms with Crippen molar-refractivity contribution in [1.29, 1.82) is 0 Å². The fourth-order valence-electron chi connectivity index (χ4n) is 1.56.